The molecule has 2 aromatic carbocycles. The van der Waals surface area contributed by atoms with Gasteiger partial charge < -0.3 is 4.74 Å². The van der Waals surface area contributed by atoms with E-state index in [0.717, 1.165) is 22.1 Å². The van der Waals surface area contributed by atoms with E-state index in [1.54, 1.807) is 19.5 Å². The first-order valence-corrected chi connectivity index (χ1v) is 6.51. The van der Waals surface area contributed by atoms with Gasteiger partial charge in [0.15, 0.2) is 5.82 Å². The maximum atomic E-state index is 5.27. The lowest BCUT2D eigenvalue weighted by Gasteiger charge is -2.04. The van der Waals surface area contributed by atoms with Crippen molar-refractivity contribution in [1.29, 1.82) is 0 Å². The molecule has 5 heteroatoms. The second-order valence-corrected chi connectivity index (χ2v) is 4.39. The van der Waals surface area contributed by atoms with Gasteiger partial charge in [0.2, 0.25) is 0 Å². The fourth-order valence-corrected chi connectivity index (χ4v) is 2.05. The van der Waals surface area contributed by atoms with Crippen molar-refractivity contribution in [2.24, 2.45) is 5.10 Å². The number of fused-ring (bicyclic) bond motifs is 1. The smallest absolute Gasteiger partial charge is 0.176 e. The molecule has 0 aliphatic carbocycles. The van der Waals surface area contributed by atoms with Crippen LogP contribution in [0.25, 0.3) is 10.8 Å². The van der Waals surface area contributed by atoms with Crippen LogP contribution in [0, 0.1) is 0 Å². The number of hydrazone groups is 1. The molecule has 0 saturated heterocycles. The lowest BCUT2D eigenvalue weighted by atomic mass is 10.2. The van der Waals surface area contributed by atoms with Crippen LogP contribution < -0.4 is 10.2 Å². The van der Waals surface area contributed by atoms with Gasteiger partial charge in [-0.15, -0.1) is 5.10 Å². The van der Waals surface area contributed by atoms with Crippen LogP contribution in [-0.2, 0) is 0 Å². The second kappa shape index (κ2) is 6.00. The normalized spacial score (nSPS) is 10.9. The molecule has 0 aliphatic rings. The zero-order valence-corrected chi connectivity index (χ0v) is 11.5. The lowest BCUT2D eigenvalue weighted by molar-refractivity contribution is 0.414. The molecule has 1 heterocycles. The molecule has 1 aromatic heterocycles. The molecule has 0 atom stereocenters. The van der Waals surface area contributed by atoms with Crippen LogP contribution in [0.4, 0.5) is 5.82 Å². The molecule has 3 aromatic rings. The first kappa shape index (κ1) is 13.1. The highest BCUT2D eigenvalue weighted by molar-refractivity contribution is 5.91. The minimum Gasteiger partial charge on any atom is -0.496 e. The number of hydrogen-bond acceptors (Lipinski definition) is 5. The zero-order valence-electron chi connectivity index (χ0n) is 11.5. The average molecular weight is 278 g/mol. The minimum absolute atomic E-state index is 0.624. The molecule has 0 aliphatic heterocycles. The Kier molecular flexibility index (Phi) is 3.73. The van der Waals surface area contributed by atoms with Gasteiger partial charge in [-0.3, -0.25) is 5.43 Å². The summed E-state index contributed by atoms with van der Waals surface area (Å²) in [4.78, 5) is 0. The summed E-state index contributed by atoms with van der Waals surface area (Å²) in [5.41, 5.74) is 3.82. The molecule has 0 amide bonds. The minimum atomic E-state index is 0.624. The van der Waals surface area contributed by atoms with E-state index in [2.05, 4.69) is 20.7 Å². The first-order valence-electron chi connectivity index (χ1n) is 6.51. The summed E-state index contributed by atoms with van der Waals surface area (Å²) < 4.78 is 5.27. The SMILES string of the molecule is COc1ccccc1/C=N/Nc1nncc2ccccc12. The van der Waals surface area contributed by atoms with Crippen molar-refractivity contribution in [3.05, 3.63) is 60.3 Å². The summed E-state index contributed by atoms with van der Waals surface area (Å²) in [6.07, 6.45) is 3.42. The van der Waals surface area contributed by atoms with E-state index in [0.29, 0.717) is 5.82 Å². The molecular weight excluding hydrogens is 264 g/mol. The molecule has 0 fully saturated rings. The van der Waals surface area contributed by atoms with Crippen molar-refractivity contribution < 1.29 is 4.74 Å². The van der Waals surface area contributed by atoms with Gasteiger partial charge in [0.1, 0.15) is 5.75 Å². The molecule has 21 heavy (non-hydrogen) atoms. The Balaban J connectivity index is 1.85. The fourth-order valence-electron chi connectivity index (χ4n) is 2.05. The van der Waals surface area contributed by atoms with Gasteiger partial charge in [-0.2, -0.15) is 10.2 Å². The number of nitrogens with one attached hydrogen (secondary N) is 1. The molecule has 104 valence electrons. The summed E-state index contributed by atoms with van der Waals surface area (Å²) in [5, 5.41) is 14.2. The number of anilines is 1. The Bertz CT molecular complexity index is 781. The Labute approximate surface area is 122 Å². The third kappa shape index (κ3) is 2.81. The molecule has 0 unspecified atom stereocenters. The van der Waals surface area contributed by atoms with Crippen molar-refractivity contribution in [1.82, 2.24) is 10.2 Å². The van der Waals surface area contributed by atoms with E-state index < -0.39 is 0 Å². The summed E-state index contributed by atoms with van der Waals surface area (Å²) in [5.74, 6) is 1.39. The van der Waals surface area contributed by atoms with Crippen LogP contribution in [0.5, 0.6) is 5.75 Å². The largest absolute Gasteiger partial charge is 0.496 e. The van der Waals surface area contributed by atoms with Crippen molar-refractivity contribution in [3.63, 3.8) is 0 Å². The van der Waals surface area contributed by atoms with E-state index in [4.69, 9.17) is 4.74 Å². The Hall–Kier alpha value is -2.95. The Morgan fingerprint density at radius 1 is 1.10 bits per heavy atom. The Morgan fingerprint density at radius 3 is 2.81 bits per heavy atom. The summed E-state index contributed by atoms with van der Waals surface area (Å²) in [6, 6.07) is 15.5. The van der Waals surface area contributed by atoms with E-state index >= 15 is 0 Å². The average Bonchev–Trinajstić information content (AvgIpc) is 2.55. The van der Waals surface area contributed by atoms with Crippen LogP contribution in [0.1, 0.15) is 5.56 Å². The number of hydrogen-bond donors (Lipinski definition) is 1. The molecule has 0 radical (unpaired) electrons. The standard InChI is InChI=1S/C16H14N4O/c1-21-15-9-5-3-7-13(15)11-18-20-16-14-8-4-2-6-12(14)10-17-19-16/h2-11H,1H3,(H,19,20)/b18-11+. The van der Waals surface area contributed by atoms with Crippen molar-refractivity contribution >= 4 is 22.8 Å². The molecule has 0 saturated carbocycles. The number of rotatable bonds is 4. The summed E-state index contributed by atoms with van der Waals surface area (Å²) in [7, 11) is 1.64. The van der Waals surface area contributed by atoms with Gasteiger partial charge >= 0.3 is 0 Å². The lowest BCUT2D eigenvalue weighted by Crippen LogP contribution is -1.97. The van der Waals surface area contributed by atoms with Gasteiger partial charge in [0.05, 0.1) is 19.5 Å². The predicted molar refractivity (Wildman–Crippen MR) is 83.7 cm³/mol. The second-order valence-electron chi connectivity index (χ2n) is 4.39. The van der Waals surface area contributed by atoms with Gasteiger partial charge in [-0.05, 0) is 12.1 Å². The number of ether oxygens (including phenoxy) is 1. The molecule has 3 rings (SSSR count). The monoisotopic (exact) mass is 278 g/mol. The van der Waals surface area contributed by atoms with Crippen LogP contribution in [0.2, 0.25) is 0 Å². The quantitative estimate of drug-likeness (QED) is 0.588. The highest BCUT2D eigenvalue weighted by Gasteiger charge is 2.01. The molecule has 0 bridgehead atoms. The van der Waals surface area contributed by atoms with E-state index in [1.165, 1.54) is 0 Å². The van der Waals surface area contributed by atoms with Crippen LogP contribution >= 0.6 is 0 Å². The number of nitrogens with zero attached hydrogens (tertiary/aromatic N) is 3. The van der Waals surface area contributed by atoms with Crippen LogP contribution in [-0.4, -0.2) is 23.5 Å². The number of para-hydroxylation sites is 1. The maximum absolute atomic E-state index is 5.27. The van der Waals surface area contributed by atoms with Crippen LogP contribution in [0.3, 0.4) is 0 Å². The number of aromatic nitrogens is 2. The van der Waals surface area contributed by atoms with Gasteiger partial charge in [-0.1, -0.05) is 36.4 Å². The zero-order chi connectivity index (χ0) is 14.5. The van der Waals surface area contributed by atoms with Gasteiger partial charge in [0, 0.05) is 16.3 Å². The molecule has 1 N–H and O–H groups in total. The van der Waals surface area contributed by atoms with Crippen molar-refractivity contribution in [3.8, 4) is 5.75 Å². The van der Waals surface area contributed by atoms with E-state index in [-0.39, 0.29) is 0 Å². The van der Waals surface area contributed by atoms with E-state index in [1.807, 2.05) is 48.5 Å². The summed E-state index contributed by atoms with van der Waals surface area (Å²) >= 11 is 0. The van der Waals surface area contributed by atoms with Crippen molar-refractivity contribution in [2.75, 3.05) is 12.5 Å². The Morgan fingerprint density at radius 2 is 1.90 bits per heavy atom. The third-order valence-electron chi connectivity index (χ3n) is 3.08. The van der Waals surface area contributed by atoms with Gasteiger partial charge in [-0.25, -0.2) is 0 Å². The van der Waals surface area contributed by atoms with Crippen molar-refractivity contribution in [2.45, 2.75) is 0 Å². The molecular formula is C16H14N4O. The highest BCUT2D eigenvalue weighted by Crippen LogP contribution is 2.19. The van der Waals surface area contributed by atoms with E-state index in [9.17, 15) is 0 Å². The fraction of sp³-hybridized carbons (Fsp3) is 0.0625. The summed E-state index contributed by atoms with van der Waals surface area (Å²) in [6.45, 7) is 0. The molecule has 0 spiro atoms. The third-order valence-corrected chi connectivity index (χ3v) is 3.08. The van der Waals surface area contributed by atoms with Crippen LogP contribution in [0.15, 0.2) is 59.8 Å². The van der Waals surface area contributed by atoms with Gasteiger partial charge in [0.25, 0.3) is 0 Å². The number of methoxy groups -OCH3 is 1. The highest BCUT2D eigenvalue weighted by atomic mass is 16.5. The topological polar surface area (TPSA) is 59.4 Å². The maximum Gasteiger partial charge on any atom is 0.176 e. The predicted octanol–water partition coefficient (Wildman–Crippen LogP) is 3.08. The first-order chi connectivity index (χ1) is 10.4. The molecule has 5 nitrogen and oxygen atoms in total. The number of benzene rings is 2.